The van der Waals surface area contributed by atoms with Gasteiger partial charge in [-0.25, -0.2) is 4.79 Å². The molecule has 0 radical (unpaired) electrons. The van der Waals surface area contributed by atoms with Crippen molar-refractivity contribution in [1.82, 2.24) is 0 Å². The summed E-state index contributed by atoms with van der Waals surface area (Å²) in [5.41, 5.74) is 1.28. The smallest absolute Gasteiger partial charge is 0.338 e. The van der Waals surface area contributed by atoms with Crippen molar-refractivity contribution in [2.24, 2.45) is 0 Å². The van der Waals surface area contributed by atoms with Crippen LogP contribution in [0.1, 0.15) is 96.0 Å². The fourth-order valence-electron chi connectivity index (χ4n) is 3.13. The summed E-state index contributed by atoms with van der Waals surface area (Å²) in [4.78, 5) is 11.9. The molecule has 0 aromatic heterocycles. The molecule has 0 aliphatic heterocycles. The van der Waals surface area contributed by atoms with E-state index in [4.69, 9.17) is 4.74 Å². The molecule has 0 saturated heterocycles. The zero-order chi connectivity index (χ0) is 18.9. The normalized spacial score (nSPS) is 10.7. The van der Waals surface area contributed by atoms with Gasteiger partial charge in [-0.2, -0.15) is 0 Å². The lowest BCUT2D eigenvalue weighted by Gasteiger charge is -2.07. The summed E-state index contributed by atoms with van der Waals surface area (Å²) in [7, 11) is 0. The average molecular weight is 359 g/mol. The Morgan fingerprint density at radius 1 is 0.769 bits per heavy atom. The topological polar surface area (TPSA) is 26.3 Å². The second kappa shape index (κ2) is 15.7. The van der Waals surface area contributed by atoms with Crippen LogP contribution in [-0.4, -0.2) is 12.6 Å². The Bertz CT molecular complexity index is 478. The molecular formula is C24H38O2. The zero-order valence-electron chi connectivity index (χ0n) is 16.8. The predicted molar refractivity (Wildman–Crippen MR) is 112 cm³/mol. The Balaban J connectivity index is 1.87. The summed E-state index contributed by atoms with van der Waals surface area (Å²) in [5.74, 6) is -0.296. The van der Waals surface area contributed by atoms with Gasteiger partial charge in [-0.1, -0.05) is 121 Å². The first-order valence-electron chi connectivity index (χ1n) is 10.7. The van der Waals surface area contributed by atoms with Gasteiger partial charge in [0.15, 0.2) is 0 Å². The van der Waals surface area contributed by atoms with Crippen LogP contribution in [0.3, 0.4) is 0 Å². The molecule has 0 unspecified atom stereocenters. The maximum absolute atomic E-state index is 11.9. The van der Waals surface area contributed by atoms with Crippen molar-refractivity contribution in [2.45, 2.75) is 90.4 Å². The van der Waals surface area contributed by atoms with E-state index < -0.39 is 0 Å². The van der Waals surface area contributed by atoms with Crippen molar-refractivity contribution in [3.63, 3.8) is 0 Å². The number of hydrogen-bond acceptors (Lipinski definition) is 2. The second-order valence-electron chi connectivity index (χ2n) is 7.22. The SMILES string of the molecule is C=C(C(=O)OCCCCCCCCCCCCCCC)c1ccccc1. The predicted octanol–water partition coefficient (Wildman–Crippen LogP) is 7.33. The van der Waals surface area contributed by atoms with Gasteiger partial charge in [-0.15, -0.1) is 0 Å². The molecule has 2 nitrogen and oxygen atoms in total. The minimum absolute atomic E-state index is 0.296. The number of carbonyl (C=O) groups excluding carboxylic acids is 1. The van der Waals surface area contributed by atoms with E-state index in [1.165, 1.54) is 70.6 Å². The molecule has 0 atom stereocenters. The molecule has 26 heavy (non-hydrogen) atoms. The average Bonchev–Trinajstić information content (AvgIpc) is 2.68. The van der Waals surface area contributed by atoms with Crippen LogP contribution in [0.4, 0.5) is 0 Å². The number of esters is 1. The van der Waals surface area contributed by atoms with Crippen LogP contribution in [0.15, 0.2) is 36.9 Å². The van der Waals surface area contributed by atoms with Crippen LogP contribution in [0.5, 0.6) is 0 Å². The van der Waals surface area contributed by atoms with E-state index in [1.54, 1.807) is 0 Å². The molecule has 0 N–H and O–H groups in total. The monoisotopic (exact) mass is 358 g/mol. The first-order chi connectivity index (χ1) is 12.8. The van der Waals surface area contributed by atoms with Crippen LogP contribution in [0, 0.1) is 0 Å². The standard InChI is InChI=1S/C24H38O2/c1-3-4-5-6-7-8-9-10-11-12-13-14-18-21-26-24(25)22(2)23-19-16-15-17-20-23/h15-17,19-20H,2-14,18,21H2,1H3. The summed E-state index contributed by atoms with van der Waals surface area (Å²) in [6.45, 7) is 6.61. The van der Waals surface area contributed by atoms with Gasteiger partial charge in [0.25, 0.3) is 0 Å². The first-order valence-corrected chi connectivity index (χ1v) is 10.7. The van der Waals surface area contributed by atoms with Crippen LogP contribution in [-0.2, 0) is 9.53 Å². The molecule has 0 amide bonds. The van der Waals surface area contributed by atoms with E-state index in [-0.39, 0.29) is 5.97 Å². The molecule has 0 aliphatic rings. The van der Waals surface area contributed by atoms with Crippen LogP contribution in [0.25, 0.3) is 5.57 Å². The molecule has 0 bridgehead atoms. The second-order valence-corrected chi connectivity index (χ2v) is 7.22. The fourth-order valence-corrected chi connectivity index (χ4v) is 3.13. The molecular weight excluding hydrogens is 320 g/mol. The van der Waals surface area contributed by atoms with Crippen molar-refractivity contribution in [3.8, 4) is 0 Å². The lowest BCUT2D eigenvalue weighted by Crippen LogP contribution is -2.07. The summed E-state index contributed by atoms with van der Waals surface area (Å²) in [6.07, 6.45) is 17.1. The third kappa shape index (κ3) is 11.1. The molecule has 0 saturated carbocycles. The number of benzene rings is 1. The van der Waals surface area contributed by atoms with Crippen molar-refractivity contribution in [1.29, 1.82) is 0 Å². The largest absolute Gasteiger partial charge is 0.462 e. The van der Waals surface area contributed by atoms with Crippen molar-refractivity contribution < 1.29 is 9.53 Å². The quantitative estimate of drug-likeness (QED) is 0.176. The van der Waals surface area contributed by atoms with Gasteiger partial charge in [-0.3, -0.25) is 0 Å². The Labute approximate surface area is 161 Å². The number of ether oxygens (including phenoxy) is 1. The lowest BCUT2D eigenvalue weighted by molar-refractivity contribution is -0.136. The van der Waals surface area contributed by atoms with Gasteiger partial charge in [0, 0.05) is 0 Å². The zero-order valence-corrected chi connectivity index (χ0v) is 16.8. The van der Waals surface area contributed by atoms with Gasteiger partial charge in [-0.05, 0) is 12.0 Å². The van der Waals surface area contributed by atoms with E-state index in [0.717, 1.165) is 18.4 Å². The molecule has 1 aromatic carbocycles. The first kappa shape index (κ1) is 22.5. The van der Waals surface area contributed by atoms with Crippen molar-refractivity contribution in [3.05, 3.63) is 42.5 Å². The fraction of sp³-hybridized carbons (Fsp3) is 0.625. The van der Waals surface area contributed by atoms with Crippen LogP contribution in [0.2, 0.25) is 0 Å². The molecule has 1 aromatic rings. The van der Waals surface area contributed by atoms with E-state index in [2.05, 4.69) is 13.5 Å². The van der Waals surface area contributed by atoms with Gasteiger partial charge < -0.3 is 4.74 Å². The molecule has 0 spiro atoms. The van der Waals surface area contributed by atoms with Gasteiger partial charge in [0.05, 0.1) is 12.2 Å². The number of hydrogen-bond donors (Lipinski definition) is 0. The maximum Gasteiger partial charge on any atom is 0.338 e. The summed E-state index contributed by atoms with van der Waals surface area (Å²) in [5, 5.41) is 0. The number of rotatable bonds is 16. The Morgan fingerprint density at radius 3 is 1.73 bits per heavy atom. The molecule has 146 valence electrons. The van der Waals surface area contributed by atoms with Gasteiger partial charge in [0.1, 0.15) is 0 Å². The van der Waals surface area contributed by atoms with E-state index in [0.29, 0.717) is 12.2 Å². The Hall–Kier alpha value is -1.57. The Morgan fingerprint density at radius 2 is 1.23 bits per heavy atom. The number of carbonyl (C=O) groups is 1. The van der Waals surface area contributed by atoms with Gasteiger partial charge in [0.2, 0.25) is 0 Å². The third-order valence-electron chi connectivity index (χ3n) is 4.85. The highest BCUT2D eigenvalue weighted by Crippen LogP contribution is 2.14. The Kier molecular flexibility index (Phi) is 13.5. The van der Waals surface area contributed by atoms with Crippen LogP contribution < -0.4 is 0 Å². The molecule has 1 rings (SSSR count). The summed E-state index contributed by atoms with van der Waals surface area (Å²) < 4.78 is 5.32. The van der Waals surface area contributed by atoms with Gasteiger partial charge >= 0.3 is 5.97 Å². The van der Waals surface area contributed by atoms with E-state index in [1.807, 2.05) is 30.3 Å². The molecule has 0 aliphatic carbocycles. The summed E-state index contributed by atoms with van der Waals surface area (Å²) >= 11 is 0. The van der Waals surface area contributed by atoms with Crippen molar-refractivity contribution in [2.75, 3.05) is 6.61 Å². The number of unbranched alkanes of at least 4 members (excludes halogenated alkanes) is 12. The maximum atomic E-state index is 11.9. The minimum Gasteiger partial charge on any atom is -0.462 e. The lowest BCUT2D eigenvalue weighted by atomic mass is 10.0. The summed E-state index contributed by atoms with van der Waals surface area (Å²) in [6, 6.07) is 9.50. The van der Waals surface area contributed by atoms with E-state index >= 15 is 0 Å². The van der Waals surface area contributed by atoms with Crippen LogP contribution >= 0.6 is 0 Å². The molecule has 0 fully saturated rings. The molecule has 2 heteroatoms. The van der Waals surface area contributed by atoms with E-state index in [9.17, 15) is 4.79 Å². The highest BCUT2D eigenvalue weighted by Gasteiger charge is 2.09. The third-order valence-corrected chi connectivity index (χ3v) is 4.85. The minimum atomic E-state index is -0.296. The molecule has 0 heterocycles. The van der Waals surface area contributed by atoms with Crippen molar-refractivity contribution >= 4 is 11.5 Å². The highest BCUT2D eigenvalue weighted by molar-refractivity contribution is 6.15. The highest BCUT2D eigenvalue weighted by atomic mass is 16.5.